The van der Waals surface area contributed by atoms with Gasteiger partial charge >= 0.3 is 0 Å². The van der Waals surface area contributed by atoms with Gasteiger partial charge in [0.25, 0.3) is 0 Å². The topological polar surface area (TPSA) is 112 Å². The van der Waals surface area contributed by atoms with Gasteiger partial charge in [0.15, 0.2) is 5.82 Å². The first kappa shape index (κ1) is 22.7. The lowest BCUT2D eigenvalue weighted by Crippen LogP contribution is -2.28. The third kappa shape index (κ3) is 3.76. The summed E-state index contributed by atoms with van der Waals surface area (Å²) in [7, 11) is 0. The molecule has 10 heteroatoms. The minimum atomic E-state index is -0.441. The Labute approximate surface area is 220 Å². The maximum absolute atomic E-state index is 16.1. The van der Waals surface area contributed by atoms with Crippen LogP contribution in [0.25, 0.3) is 55.2 Å². The molecular formula is C28H22FN7OS. The van der Waals surface area contributed by atoms with Gasteiger partial charge in [0.1, 0.15) is 22.7 Å². The zero-order valence-corrected chi connectivity index (χ0v) is 21.2. The first-order chi connectivity index (χ1) is 18.5. The van der Waals surface area contributed by atoms with E-state index in [2.05, 4.69) is 36.5 Å². The Balaban J connectivity index is 1.30. The normalized spacial score (nSPS) is 13.7. The summed E-state index contributed by atoms with van der Waals surface area (Å²) in [5.74, 6) is 0.0379. The summed E-state index contributed by atoms with van der Waals surface area (Å²) >= 11 is 1.65. The van der Waals surface area contributed by atoms with Crippen LogP contribution in [0.4, 0.5) is 10.1 Å². The van der Waals surface area contributed by atoms with Gasteiger partial charge < -0.3 is 10.3 Å². The smallest absolute Gasteiger partial charge is 0.227 e. The average Bonchev–Trinajstić information content (AvgIpc) is 3.61. The van der Waals surface area contributed by atoms with Crippen LogP contribution in [0.3, 0.4) is 0 Å². The molecule has 0 saturated heterocycles. The molecule has 5 heterocycles. The number of aryl methyl sites for hydroxylation is 1. The molecule has 3 N–H and O–H groups in total. The fourth-order valence-electron chi connectivity index (χ4n) is 4.83. The molecule has 188 valence electrons. The first-order valence-corrected chi connectivity index (χ1v) is 13.2. The average molecular weight is 524 g/mol. The molecule has 1 amide bonds. The standard InChI is InChI=1S/C28H22FN7OS/c1-14-5-8-21(38-14)25-24-20(9-10-31-25)33-27(34-24)26-22-19(35-36-26)7-6-18(23(22)29)16-11-17(13-30-12-16)32-28(37)15-3-2-4-15/h5-13,15H,2-4H2,1H3,(H,32,37)(H,33,34)(H,35,36). The van der Waals surface area contributed by atoms with E-state index in [1.165, 1.54) is 4.88 Å². The lowest BCUT2D eigenvalue weighted by molar-refractivity contribution is -0.122. The third-order valence-electron chi connectivity index (χ3n) is 7.06. The molecule has 1 fully saturated rings. The largest absolute Gasteiger partial charge is 0.336 e. The van der Waals surface area contributed by atoms with Gasteiger partial charge in [-0.2, -0.15) is 5.10 Å². The van der Waals surface area contributed by atoms with Crippen molar-refractivity contribution >= 4 is 44.9 Å². The van der Waals surface area contributed by atoms with Crippen molar-refractivity contribution in [3.8, 4) is 33.2 Å². The monoisotopic (exact) mass is 523 g/mol. The van der Waals surface area contributed by atoms with Gasteiger partial charge in [0.2, 0.25) is 5.91 Å². The number of anilines is 1. The minimum Gasteiger partial charge on any atom is -0.336 e. The van der Waals surface area contributed by atoms with E-state index in [0.29, 0.717) is 44.8 Å². The number of nitrogens with zero attached hydrogens (tertiary/aromatic N) is 4. The van der Waals surface area contributed by atoms with Crippen LogP contribution < -0.4 is 5.32 Å². The maximum atomic E-state index is 16.1. The van der Waals surface area contributed by atoms with Crippen LogP contribution in [0.1, 0.15) is 24.1 Å². The molecule has 0 radical (unpaired) electrons. The van der Waals surface area contributed by atoms with E-state index in [0.717, 1.165) is 35.4 Å². The number of hydrogen-bond acceptors (Lipinski definition) is 6. The third-order valence-corrected chi connectivity index (χ3v) is 8.07. The lowest BCUT2D eigenvalue weighted by Gasteiger charge is -2.24. The second kappa shape index (κ2) is 8.84. The molecule has 5 aromatic heterocycles. The number of amides is 1. The molecule has 7 rings (SSSR count). The zero-order chi connectivity index (χ0) is 25.8. The Morgan fingerprint density at radius 1 is 1.11 bits per heavy atom. The highest BCUT2D eigenvalue weighted by Crippen LogP contribution is 2.36. The first-order valence-electron chi connectivity index (χ1n) is 12.4. The van der Waals surface area contributed by atoms with Gasteiger partial charge in [-0.05, 0) is 56.2 Å². The van der Waals surface area contributed by atoms with Gasteiger partial charge in [0, 0.05) is 34.3 Å². The summed E-state index contributed by atoms with van der Waals surface area (Å²) in [6.07, 6.45) is 7.78. The molecule has 1 aromatic carbocycles. The van der Waals surface area contributed by atoms with Crippen LogP contribution in [0, 0.1) is 18.7 Å². The predicted octanol–water partition coefficient (Wildman–Crippen LogP) is 6.48. The number of hydrogen-bond donors (Lipinski definition) is 3. The number of halogens is 1. The number of rotatable bonds is 5. The predicted molar refractivity (Wildman–Crippen MR) is 146 cm³/mol. The van der Waals surface area contributed by atoms with Crippen molar-refractivity contribution in [2.75, 3.05) is 5.32 Å². The second-order valence-electron chi connectivity index (χ2n) is 9.55. The van der Waals surface area contributed by atoms with Gasteiger partial charge in [-0.25, -0.2) is 9.37 Å². The van der Waals surface area contributed by atoms with Crippen LogP contribution in [0.5, 0.6) is 0 Å². The molecule has 1 saturated carbocycles. The van der Waals surface area contributed by atoms with Gasteiger partial charge in [-0.3, -0.25) is 19.9 Å². The lowest BCUT2D eigenvalue weighted by atomic mass is 9.85. The fourth-order valence-corrected chi connectivity index (χ4v) is 5.69. The number of pyridine rings is 2. The van der Waals surface area contributed by atoms with E-state index in [1.807, 2.05) is 19.1 Å². The van der Waals surface area contributed by atoms with E-state index in [4.69, 9.17) is 4.98 Å². The van der Waals surface area contributed by atoms with E-state index in [-0.39, 0.29) is 11.8 Å². The Kier molecular flexibility index (Phi) is 5.29. The molecule has 1 aliphatic rings. The number of H-pyrrole nitrogens is 2. The van der Waals surface area contributed by atoms with Crippen molar-refractivity contribution in [2.24, 2.45) is 5.92 Å². The number of aromatic nitrogens is 6. The Morgan fingerprint density at radius 3 is 2.79 bits per heavy atom. The number of carbonyl (C=O) groups excluding carboxylic acids is 1. The van der Waals surface area contributed by atoms with E-state index in [9.17, 15) is 4.79 Å². The summed E-state index contributed by atoms with van der Waals surface area (Å²) in [5, 5.41) is 10.6. The fraction of sp³-hybridized carbons (Fsp3) is 0.179. The van der Waals surface area contributed by atoms with Crippen molar-refractivity contribution in [3.05, 3.63) is 65.7 Å². The van der Waals surface area contributed by atoms with E-state index < -0.39 is 5.82 Å². The molecule has 1 aliphatic carbocycles. The molecule has 0 spiro atoms. The zero-order valence-electron chi connectivity index (χ0n) is 20.4. The van der Waals surface area contributed by atoms with Gasteiger partial charge in [-0.1, -0.05) is 6.42 Å². The molecular weight excluding hydrogens is 501 g/mol. The molecule has 0 bridgehead atoms. The van der Waals surface area contributed by atoms with Crippen LogP contribution in [-0.4, -0.2) is 36.0 Å². The second-order valence-corrected chi connectivity index (χ2v) is 10.8. The highest BCUT2D eigenvalue weighted by molar-refractivity contribution is 7.15. The Bertz CT molecular complexity index is 1850. The SMILES string of the molecule is Cc1ccc(-c2nccc3[nH]c(-c4n[nH]c5ccc(-c6cncc(NC(=O)C7CCC7)c6)c(F)c45)nc23)s1. The van der Waals surface area contributed by atoms with Crippen molar-refractivity contribution < 1.29 is 9.18 Å². The van der Waals surface area contributed by atoms with Crippen molar-refractivity contribution in [1.82, 2.24) is 30.1 Å². The Hall–Kier alpha value is -4.44. The number of fused-ring (bicyclic) bond motifs is 2. The van der Waals surface area contributed by atoms with E-state index in [1.54, 1.807) is 48.1 Å². The number of aromatic amines is 2. The quantitative estimate of drug-likeness (QED) is 0.239. The highest BCUT2D eigenvalue weighted by atomic mass is 32.1. The minimum absolute atomic E-state index is 0.0142. The van der Waals surface area contributed by atoms with Gasteiger partial charge in [-0.15, -0.1) is 11.3 Å². The molecule has 0 unspecified atom stereocenters. The van der Waals surface area contributed by atoms with Crippen LogP contribution in [-0.2, 0) is 4.79 Å². The summed E-state index contributed by atoms with van der Waals surface area (Å²) in [5.41, 5.74) is 4.68. The number of imidazole rings is 1. The maximum Gasteiger partial charge on any atom is 0.227 e. The van der Waals surface area contributed by atoms with Gasteiger partial charge in [0.05, 0.1) is 33.2 Å². The van der Waals surface area contributed by atoms with Crippen molar-refractivity contribution in [2.45, 2.75) is 26.2 Å². The number of benzene rings is 1. The summed E-state index contributed by atoms with van der Waals surface area (Å²) in [6, 6.07) is 11.1. The number of nitrogens with one attached hydrogen (secondary N) is 3. The highest BCUT2D eigenvalue weighted by Gasteiger charge is 2.25. The Morgan fingerprint density at radius 2 is 2.00 bits per heavy atom. The number of thiophene rings is 1. The molecule has 38 heavy (non-hydrogen) atoms. The number of carbonyl (C=O) groups is 1. The molecule has 0 aliphatic heterocycles. The van der Waals surface area contributed by atoms with Crippen molar-refractivity contribution in [3.63, 3.8) is 0 Å². The van der Waals surface area contributed by atoms with E-state index >= 15 is 4.39 Å². The molecule has 8 nitrogen and oxygen atoms in total. The van der Waals surface area contributed by atoms with Crippen molar-refractivity contribution in [1.29, 1.82) is 0 Å². The summed E-state index contributed by atoms with van der Waals surface area (Å²) < 4.78 is 16.1. The van der Waals surface area contributed by atoms with Crippen LogP contribution in [0.2, 0.25) is 0 Å². The summed E-state index contributed by atoms with van der Waals surface area (Å²) in [6.45, 7) is 2.05. The molecule has 0 atom stereocenters. The summed E-state index contributed by atoms with van der Waals surface area (Å²) in [4.78, 5) is 31.5. The van der Waals surface area contributed by atoms with Crippen LogP contribution in [0.15, 0.2) is 55.0 Å². The van der Waals surface area contributed by atoms with Crippen LogP contribution >= 0.6 is 11.3 Å². The molecule has 6 aromatic rings.